The van der Waals surface area contributed by atoms with Crippen LogP contribution in [0.3, 0.4) is 0 Å². The van der Waals surface area contributed by atoms with E-state index in [1.807, 2.05) is 20.8 Å². The van der Waals surface area contributed by atoms with Crippen LogP contribution in [-0.4, -0.2) is 52.3 Å². The van der Waals surface area contributed by atoms with Crippen molar-refractivity contribution in [2.24, 2.45) is 0 Å². The van der Waals surface area contributed by atoms with Gasteiger partial charge >= 0.3 is 0 Å². The maximum atomic E-state index is 8.83. The molecule has 19 heavy (non-hydrogen) atoms. The molecular weight excluding hydrogens is 357 g/mol. The predicted octanol–water partition coefficient (Wildman–Crippen LogP) is 1.87. The second-order valence-electron chi connectivity index (χ2n) is 4.05. The van der Waals surface area contributed by atoms with Crippen molar-refractivity contribution in [1.29, 1.82) is 0 Å². The van der Waals surface area contributed by atoms with Gasteiger partial charge in [-0.1, -0.05) is 13.8 Å². The van der Waals surface area contributed by atoms with Crippen molar-refractivity contribution >= 4 is 24.0 Å². The number of nitrogens with zero attached hydrogens (tertiary/aromatic N) is 3. The number of aryl methyl sites for hydroxylation is 1. The van der Waals surface area contributed by atoms with E-state index in [0.29, 0.717) is 5.88 Å². The fourth-order valence-corrected chi connectivity index (χ4v) is 1.85. The number of hydrogen-bond acceptors (Lipinski definition) is 5. The molecule has 0 bridgehead atoms. The van der Waals surface area contributed by atoms with Crippen LogP contribution in [0.2, 0.25) is 0 Å². The molecule has 1 aromatic heterocycles. The number of aliphatic hydroxyl groups is 1. The van der Waals surface area contributed by atoms with Gasteiger partial charge in [0.15, 0.2) is 0 Å². The SMILES string of the molecule is CC.Cc1cnc(O[C@H]2CCN(CCO)C2)cn1.I. The summed E-state index contributed by atoms with van der Waals surface area (Å²) in [5.74, 6) is 0.585. The summed E-state index contributed by atoms with van der Waals surface area (Å²) in [4.78, 5) is 10.5. The molecule has 2 heterocycles. The van der Waals surface area contributed by atoms with Gasteiger partial charge in [-0.3, -0.25) is 9.88 Å². The molecule has 1 aromatic rings. The Bertz CT molecular complexity index is 335. The topological polar surface area (TPSA) is 58.5 Å². The maximum absolute atomic E-state index is 8.83. The molecule has 0 radical (unpaired) electrons. The minimum absolute atomic E-state index is 0. The molecule has 0 aliphatic carbocycles. The third-order valence-corrected chi connectivity index (χ3v) is 2.69. The highest BCUT2D eigenvalue weighted by Gasteiger charge is 2.23. The van der Waals surface area contributed by atoms with Gasteiger partial charge in [0.25, 0.3) is 0 Å². The Labute approximate surface area is 132 Å². The molecule has 2 rings (SSSR count). The molecule has 110 valence electrons. The minimum atomic E-state index is 0. The molecule has 0 spiro atoms. The van der Waals surface area contributed by atoms with E-state index in [1.165, 1.54) is 0 Å². The summed E-state index contributed by atoms with van der Waals surface area (Å²) in [6, 6.07) is 0. The molecule has 1 atom stereocenters. The normalized spacial score (nSPS) is 18.2. The van der Waals surface area contributed by atoms with Crippen LogP contribution in [-0.2, 0) is 0 Å². The summed E-state index contributed by atoms with van der Waals surface area (Å²) in [6.07, 6.45) is 4.51. The molecule has 1 N–H and O–H groups in total. The van der Waals surface area contributed by atoms with E-state index in [-0.39, 0.29) is 36.7 Å². The third-order valence-electron chi connectivity index (χ3n) is 2.69. The van der Waals surface area contributed by atoms with Crippen molar-refractivity contribution in [1.82, 2.24) is 14.9 Å². The molecule has 6 heteroatoms. The Morgan fingerprint density at radius 1 is 1.37 bits per heavy atom. The lowest BCUT2D eigenvalue weighted by molar-refractivity contribution is 0.176. The summed E-state index contributed by atoms with van der Waals surface area (Å²) in [7, 11) is 0. The van der Waals surface area contributed by atoms with Crippen LogP contribution in [0.5, 0.6) is 5.88 Å². The third kappa shape index (κ3) is 6.49. The van der Waals surface area contributed by atoms with E-state index in [4.69, 9.17) is 9.84 Å². The first-order valence-electron chi connectivity index (χ1n) is 6.56. The molecule has 0 amide bonds. The number of hydrogen-bond donors (Lipinski definition) is 1. The Morgan fingerprint density at radius 2 is 2.11 bits per heavy atom. The van der Waals surface area contributed by atoms with Crippen LogP contribution in [0.1, 0.15) is 26.0 Å². The molecule has 1 aliphatic heterocycles. The van der Waals surface area contributed by atoms with E-state index in [1.54, 1.807) is 12.4 Å². The van der Waals surface area contributed by atoms with E-state index in [0.717, 1.165) is 31.7 Å². The number of halogens is 1. The smallest absolute Gasteiger partial charge is 0.232 e. The van der Waals surface area contributed by atoms with Crippen molar-refractivity contribution in [3.8, 4) is 5.88 Å². The lowest BCUT2D eigenvalue weighted by Crippen LogP contribution is -2.27. The van der Waals surface area contributed by atoms with Gasteiger partial charge in [-0.15, -0.1) is 24.0 Å². The zero-order valence-corrected chi connectivity index (χ0v) is 14.2. The average Bonchev–Trinajstić information content (AvgIpc) is 2.83. The van der Waals surface area contributed by atoms with Crippen molar-refractivity contribution in [2.45, 2.75) is 33.3 Å². The minimum Gasteiger partial charge on any atom is -0.472 e. The highest BCUT2D eigenvalue weighted by atomic mass is 127. The quantitative estimate of drug-likeness (QED) is 0.808. The summed E-state index contributed by atoms with van der Waals surface area (Å²) in [6.45, 7) is 8.66. The first-order chi connectivity index (χ1) is 8.78. The zero-order valence-electron chi connectivity index (χ0n) is 11.9. The molecule has 1 aliphatic rings. The van der Waals surface area contributed by atoms with Crippen molar-refractivity contribution < 1.29 is 9.84 Å². The van der Waals surface area contributed by atoms with Gasteiger partial charge in [0.2, 0.25) is 5.88 Å². The van der Waals surface area contributed by atoms with Crippen LogP contribution in [0.15, 0.2) is 12.4 Å². The molecule has 0 saturated carbocycles. The maximum Gasteiger partial charge on any atom is 0.232 e. The largest absolute Gasteiger partial charge is 0.472 e. The van der Waals surface area contributed by atoms with Crippen molar-refractivity contribution in [3.05, 3.63) is 18.1 Å². The summed E-state index contributed by atoms with van der Waals surface area (Å²) < 4.78 is 5.71. The summed E-state index contributed by atoms with van der Waals surface area (Å²) in [5, 5.41) is 8.83. The van der Waals surface area contributed by atoms with Crippen molar-refractivity contribution in [3.63, 3.8) is 0 Å². The standard InChI is InChI=1S/C11H17N3O2.C2H6.HI/c1-9-6-13-11(7-12-9)16-10-2-3-14(8-10)4-5-15;1-2;/h6-7,10,15H,2-5,8H2,1H3;1-2H3;1H/t10-;;/m0../s1. The molecule has 5 nitrogen and oxygen atoms in total. The van der Waals surface area contributed by atoms with Gasteiger partial charge in [0.05, 0.1) is 24.7 Å². The fraction of sp³-hybridized carbons (Fsp3) is 0.692. The predicted molar refractivity (Wildman–Crippen MR) is 86.1 cm³/mol. The molecule has 1 saturated heterocycles. The Morgan fingerprint density at radius 3 is 2.68 bits per heavy atom. The highest BCUT2D eigenvalue weighted by Crippen LogP contribution is 2.15. The second-order valence-corrected chi connectivity index (χ2v) is 4.05. The first kappa shape index (κ1) is 18.5. The number of likely N-dealkylation sites (tertiary alicyclic amines) is 1. The average molecular weight is 381 g/mol. The Balaban J connectivity index is 0.00000103. The van der Waals surface area contributed by atoms with Gasteiger partial charge in [-0.05, 0) is 13.3 Å². The fourth-order valence-electron chi connectivity index (χ4n) is 1.85. The van der Waals surface area contributed by atoms with Gasteiger partial charge in [-0.25, -0.2) is 4.98 Å². The van der Waals surface area contributed by atoms with Crippen LogP contribution < -0.4 is 4.74 Å². The van der Waals surface area contributed by atoms with E-state index < -0.39 is 0 Å². The highest BCUT2D eigenvalue weighted by molar-refractivity contribution is 14.0. The van der Waals surface area contributed by atoms with Gasteiger partial charge in [-0.2, -0.15) is 0 Å². The lowest BCUT2D eigenvalue weighted by Gasteiger charge is -2.14. The zero-order chi connectivity index (χ0) is 13.4. The number of aromatic nitrogens is 2. The monoisotopic (exact) mass is 381 g/mol. The summed E-state index contributed by atoms with van der Waals surface area (Å²) in [5.41, 5.74) is 0.890. The van der Waals surface area contributed by atoms with Crippen LogP contribution in [0, 0.1) is 6.92 Å². The van der Waals surface area contributed by atoms with Crippen LogP contribution >= 0.6 is 24.0 Å². The lowest BCUT2D eigenvalue weighted by atomic mass is 10.3. The number of ether oxygens (including phenoxy) is 1. The van der Waals surface area contributed by atoms with Gasteiger partial charge < -0.3 is 9.84 Å². The van der Waals surface area contributed by atoms with E-state index in [2.05, 4.69) is 14.9 Å². The second kappa shape index (κ2) is 10.3. The van der Waals surface area contributed by atoms with E-state index in [9.17, 15) is 0 Å². The Kier molecular flexibility index (Phi) is 10.1. The molecule has 0 aromatic carbocycles. The summed E-state index contributed by atoms with van der Waals surface area (Å²) >= 11 is 0. The molecular formula is C13H24IN3O2. The van der Waals surface area contributed by atoms with Crippen molar-refractivity contribution in [2.75, 3.05) is 26.2 Å². The number of aliphatic hydroxyl groups excluding tert-OH is 1. The Hall–Kier alpha value is -0.470. The number of rotatable bonds is 4. The first-order valence-corrected chi connectivity index (χ1v) is 6.56. The molecule has 1 fully saturated rings. The van der Waals surface area contributed by atoms with E-state index >= 15 is 0 Å². The van der Waals surface area contributed by atoms with Crippen LogP contribution in [0.4, 0.5) is 0 Å². The molecule has 0 unspecified atom stereocenters. The van der Waals surface area contributed by atoms with Crippen LogP contribution in [0.25, 0.3) is 0 Å². The van der Waals surface area contributed by atoms with Gasteiger partial charge in [0, 0.05) is 19.6 Å². The van der Waals surface area contributed by atoms with Gasteiger partial charge in [0.1, 0.15) is 6.10 Å². The number of β-amino-alcohol motifs (C(OH)–C–C–N with tert-alkyl or cyclic N) is 1.